The van der Waals surface area contributed by atoms with Gasteiger partial charge in [-0.2, -0.15) is 0 Å². The van der Waals surface area contributed by atoms with E-state index in [9.17, 15) is 9.90 Å². The molecule has 0 bridgehead atoms. The van der Waals surface area contributed by atoms with Crippen LogP contribution in [0.2, 0.25) is 0 Å². The van der Waals surface area contributed by atoms with Crippen LogP contribution in [0.25, 0.3) is 22.0 Å². The van der Waals surface area contributed by atoms with E-state index in [4.69, 9.17) is 0 Å². The molecule has 0 saturated carbocycles. The summed E-state index contributed by atoms with van der Waals surface area (Å²) in [6, 6.07) is 18.9. The van der Waals surface area contributed by atoms with Gasteiger partial charge in [-0.15, -0.1) is 0 Å². The van der Waals surface area contributed by atoms with Gasteiger partial charge in [-0.3, -0.25) is 9.78 Å². The number of hydrogen-bond acceptors (Lipinski definition) is 3. The highest BCUT2D eigenvalue weighted by Crippen LogP contribution is 2.35. The molecular weight excluding hydrogens is 312 g/mol. The number of fused-ring (bicyclic) bond motifs is 1. The average molecular weight is 328 g/mol. The topological polar surface area (TPSA) is 55.1 Å². The van der Waals surface area contributed by atoms with Gasteiger partial charge in [-0.05, 0) is 29.3 Å². The van der Waals surface area contributed by atoms with Gasteiger partial charge in [0.25, 0.3) is 0 Å². The molecule has 2 aromatic heterocycles. The van der Waals surface area contributed by atoms with Crippen LogP contribution < -0.4 is 0 Å². The fraction of sp³-hybridized carbons (Fsp3) is 0.0476. The van der Waals surface area contributed by atoms with Gasteiger partial charge in [-0.25, -0.2) is 0 Å². The number of aromatic nitrogens is 2. The second-order valence-electron chi connectivity index (χ2n) is 5.89. The minimum absolute atomic E-state index is 0.200. The molecule has 2 aromatic carbocycles. The first kappa shape index (κ1) is 15.1. The molecule has 0 atom stereocenters. The molecule has 4 nitrogen and oxygen atoms in total. The number of carbonyl (C=O) groups is 1. The standard InChI is InChI=1S/C21H16N2O2/c24-14-20-21(16-6-8-17(25)9-7-16)18-10-11-22-12-19(18)23(20)13-15-4-2-1-3-5-15/h1-12,14,25H,13H2. The van der Waals surface area contributed by atoms with Crippen LogP contribution in [0.5, 0.6) is 5.75 Å². The van der Waals surface area contributed by atoms with Gasteiger partial charge in [0, 0.05) is 23.7 Å². The summed E-state index contributed by atoms with van der Waals surface area (Å²) in [5, 5.41) is 10.5. The largest absolute Gasteiger partial charge is 0.508 e. The average Bonchev–Trinajstić information content (AvgIpc) is 2.97. The predicted octanol–water partition coefficient (Wildman–Crippen LogP) is 4.27. The minimum Gasteiger partial charge on any atom is -0.508 e. The minimum atomic E-state index is 0.200. The molecular formula is C21H16N2O2. The summed E-state index contributed by atoms with van der Waals surface area (Å²) in [6.45, 7) is 0.592. The molecule has 0 aliphatic rings. The molecule has 25 heavy (non-hydrogen) atoms. The third-order valence-corrected chi connectivity index (χ3v) is 4.36. The summed E-state index contributed by atoms with van der Waals surface area (Å²) >= 11 is 0. The number of rotatable bonds is 4. The van der Waals surface area contributed by atoms with Crippen molar-refractivity contribution < 1.29 is 9.90 Å². The highest BCUT2D eigenvalue weighted by Gasteiger charge is 2.18. The van der Waals surface area contributed by atoms with Gasteiger partial charge in [0.05, 0.1) is 17.4 Å². The number of phenols is 1. The van der Waals surface area contributed by atoms with Crippen LogP contribution in [-0.2, 0) is 6.54 Å². The Hall–Kier alpha value is -3.40. The van der Waals surface area contributed by atoms with E-state index in [2.05, 4.69) is 4.98 Å². The molecule has 122 valence electrons. The molecule has 4 heteroatoms. The van der Waals surface area contributed by atoms with Gasteiger partial charge in [0.15, 0.2) is 6.29 Å². The van der Waals surface area contributed by atoms with Gasteiger partial charge >= 0.3 is 0 Å². The van der Waals surface area contributed by atoms with Gasteiger partial charge in [0.1, 0.15) is 5.75 Å². The Kier molecular flexibility index (Phi) is 3.78. The van der Waals surface area contributed by atoms with E-state index in [1.807, 2.05) is 53.1 Å². The van der Waals surface area contributed by atoms with E-state index >= 15 is 0 Å². The fourth-order valence-electron chi connectivity index (χ4n) is 3.21. The number of pyridine rings is 1. The van der Waals surface area contributed by atoms with Crippen LogP contribution >= 0.6 is 0 Å². The van der Waals surface area contributed by atoms with E-state index in [1.165, 1.54) is 0 Å². The Morgan fingerprint density at radius 1 is 1.00 bits per heavy atom. The first-order valence-electron chi connectivity index (χ1n) is 8.02. The van der Waals surface area contributed by atoms with Crippen LogP contribution in [0.4, 0.5) is 0 Å². The Morgan fingerprint density at radius 2 is 1.76 bits per heavy atom. The Labute approximate surface area is 145 Å². The van der Waals surface area contributed by atoms with Crippen molar-refractivity contribution in [1.82, 2.24) is 9.55 Å². The van der Waals surface area contributed by atoms with Gasteiger partial charge in [0.2, 0.25) is 0 Å². The van der Waals surface area contributed by atoms with Crippen LogP contribution in [0.1, 0.15) is 16.1 Å². The zero-order valence-corrected chi connectivity index (χ0v) is 13.5. The normalized spacial score (nSPS) is 10.9. The Balaban J connectivity index is 1.97. The quantitative estimate of drug-likeness (QED) is 0.569. The molecule has 2 heterocycles. The summed E-state index contributed by atoms with van der Waals surface area (Å²) in [7, 11) is 0. The lowest BCUT2D eigenvalue weighted by Crippen LogP contribution is -2.04. The molecule has 0 fully saturated rings. The predicted molar refractivity (Wildman–Crippen MR) is 97.8 cm³/mol. The molecule has 0 amide bonds. The first-order chi connectivity index (χ1) is 12.3. The lowest BCUT2D eigenvalue weighted by molar-refractivity contribution is 0.111. The Bertz CT molecular complexity index is 1030. The van der Waals surface area contributed by atoms with Crippen molar-refractivity contribution in [3.05, 3.63) is 84.3 Å². The third-order valence-electron chi connectivity index (χ3n) is 4.36. The summed E-state index contributed by atoms with van der Waals surface area (Å²) in [6.07, 6.45) is 4.41. The lowest BCUT2D eigenvalue weighted by atomic mass is 10.0. The van der Waals surface area contributed by atoms with Crippen molar-refractivity contribution in [2.75, 3.05) is 0 Å². The molecule has 1 N–H and O–H groups in total. The van der Waals surface area contributed by atoms with Gasteiger partial charge in [-0.1, -0.05) is 42.5 Å². The van der Waals surface area contributed by atoms with Crippen molar-refractivity contribution in [3.63, 3.8) is 0 Å². The smallest absolute Gasteiger partial charge is 0.167 e. The van der Waals surface area contributed by atoms with Crippen molar-refractivity contribution >= 4 is 17.2 Å². The van der Waals surface area contributed by atoms with E-state index in [0.717, 1.165) is 33.9 Å². The highest BCUT2D eigenvalue weighted by atomic mass is 16.3. The second-order valence-corrected chi connectivity index (χ2v) is 5.89. The molecule has 0 aliphatic heterocycles. The number of aldehydes is 1. The summed E-state index contributed by atoms with van der Waals surface area (Å²) in [5.41, 5.74) is 4.39. The molecule has 0 radical (unpaired) electrons. The molecule has 0 saturated heterocycles. The number of carbonyl (C=O) groups excluding carboxylic acids is 1. The zero-order chi connectivity index (χ0) is 17.2. The van der Waals surface area contributed by atoms with E-state index in [1.54, 1.807) is 24.5 Å². The molecule has 4 rings (SSSR count). The van der Waals surface area contributed by atoms with Crippen LogP contribution in [-0.4, -0.2) is 20.9 Å². The number of aromatic hydroxyl groups is 1. The maximum Gasteiger partial charge on any atom is 0.167 e. The monoisotopic (exact) mass is 328 g/mol. The SMILES string of the molecule is O=Cc1c(-c2ccc(O)cc2)c2ccncc2n1Cc1ccccc1. The summed E-state index contributed by atoms with van der Waals surface area (Å²) < 4.78 is 1.99. The van der Waals surface area contributed by atoms with Gasteiger partial charge < -0.3 is 9.67 Å². The molecule has 4 aromatic rings. The maximum atomic E-state index is 12.0. The van der Waals surface area contributed by atoms with Crippen LogP contribution in [0.15, 0.2) is 73.1 Å². The Morgan fingerprint density at radius 3 is 2.48 bits per heavy atom. The fourth-order valence-corrected chi connectivity index (χ4v) is 3.21. The van der Waals surface area contributed by atoms with E-state index in [0.29, 0.717) is 12.2 Å². The van der Waals surface area contributed by atoms with Crippen molar-refractivity contribution in [3.8, 4) is 16.9 Å². The van der Waals surface area contributed by atoms with Crippen LogP contribution in [0.3, 0.4) is 0 Å². The highest BCUT2D eigenvalue weighted by molar-refractivity contribution is 6.04. The second kappa shape index (κ2) is 6.24. The van der Waals surface area contributed by atoms with Crippen molar-refractivity contribution in [2.24, 2.45) is 0 Å². The van der Waals surface area contributed by atoms with E-state index in [-0.39, 0.29) is 5.75 Å². The maximum absolute atomic E-state index is 12.0. The first-order valence-corrected chi connectivity index (χ1v) is 8.02. The summed E-state index contributed by atoms with van der Waals surface area (Å²) in [5.74, 6) is 0.200. The lowest BCUT2D eigenvalue weighted by Gasteiger charge is -2.08. The third kappa shape index (κ3) is 2.68. The van der Waals surface area contributed by atoms with Crippen molar-refractivity contribution in [1.29, 1.82) is 0 Å². The van der Waals surface area contributed by atoms with E-state index < -0.39 is 0 Å². The molecule has 0 aliphatic carbocycles. The number of benzene rings is 2. The molecule has 0 spiro atoms. The number of nitrogens with zero attached hydrogens (tertiary/aromatic N) is 2. The summed E-state index contributed by atoms with van der Waals surface area (Å²) in [4.78, 5) is 16.2. The number of phenolic OH excluding ortho intramolecular Hbond substituents is 1. The van der Waals surface area contributed by atoms with Crippen molar-refractivity contribution in [2.45, 2.75) is 6.54 Å². The van der Waals surface area contributed by atoms with Crippen LogP contribution in [0, 0.1) is 0 Å². The number of hydrogen-bond donors (Lipinski definition) is 1. The zero-order valence-electron chi connectivity index (χ0n) is 13.5. The molecule has 0 unspecified atom stereocenters.